The van der Waals surface area contributed by atoms with Crippen LogP contribution in [0.1, 0.15) is 32.6 Å². The molecule has 2 aromatic rings. The zero-order valence-corrected chi connectivity index (χ0v) is 17.5. The Bertz CT molecular complexity index is 845. The van der Waals surface area contributed by atoms with Crippen LogP contribution < -0.4 is 26.4 Å². The van der Waals surface area contributed by atoms with Crippen molar-refractivity contribution in [2.45, 2.75) is 44.7 Å². The first kappa shape index (κ1) is 23.2. The van der Waals surface area contributed by atoms with E-state index in [1.807, 2.05) is 24.3 Å². The summed E-state index contributed by atoms with van der Waals surface area (Å²) in [4.78, 5) is 26.9. The molecule has 2 amide bonds. The summed E-state index contributed by atoms with van der Waals surface area (Å²) in [5.41, 5.74) is 7.23. The summed E-state index contributed by atoms with van der Waals surface area (Å²) < 4.78 is 5.38. The maximum atomic E-state index is 11.8. The number of aliphatic carboxylic acids is 1. The molecule has 0 radical (unpaired) electrons. The minimum atomic E-state index is -1.03. The van der Waals surface area contributed by atoms with E-state index in [1.165, 1.54) is 0 Å². The van der Waals surface area contributed by atoms with Crippen LogP contribution >= 0.6 is 0 Å². The Hall–Kier alpha value is -3.07. The van der Waals surface area contributed by atoms with Crippen molar-refractivity contribution in [3.8, 4) is 5.75 Å². The number of anilines is 1. The number of aromatic nitrogens is 1. The molecule has 164 valence electrons. The molecule has 0 bridgehead atoms. The molecule has 0 aliphatic heterocycles. The van der Waals surface area contributed by atoms with Crippen molar-refractivity contribution >= 4 is 28.6 Å². The molecule has 0 spiro atoms. The molecule has 6 N–H and O–H groups in total. The highest BCUT2D eigenvalue weighted by Gasteiger charge is 2.11. The minimum Gasteiger partial charge on any atom is -0.497 e. The summed E-state index contributed by atoms with van der Waals surface area (Å²) in [6, 6.07) is 6.82. The third-order valence-corrected chi connectivity index (χ3v) is 4.71. The second kappa shape index (κ2) is 11.8. The lowest BCUT2D eigenvalue weighted by Gasteiger charge is -2.17. The number of carbonyl (C=O) groups is 2. The Morgan fingerprint density at radius 2 is 1.90 bits per heavy atom. The van der Waals surface area contributed by atoms with Crippen molar-refractivity contribution in [2.24, 2.45) is 5.73 Å². The molecule has 9 heteroatoms. The van der Waals surface area contributed by atoms with Gasteiger partial charge in [-0.15, -0.1) is 0 Å². The van der Waals surface area contributed by atoms with Gasteiger partial charge in [0.25, 0.3) is 0 Å². The number of hydrogen-bond donors (Lipinski definition) is 5. The van der Waals surface area contributed by atoms with Crippen LogP contribution in [0.15, 0.2) is 30.5 Å². The number of nitrogens with two attached hydrogens (primary N) is 1. The summed E-state index contributed by atoms with van der Waals surface area (Å²) >= 11 is 0. The Labute approximate surface area is 176 Å². The van der Waals surface area contributed by atoms with E-state index in [9.17, 15) is 9.59 Å². The average molecular weight is 418 g/mol. The van der Waals surface area contributed by atoms with Crippen LogP contribution in [0.4, 0.5) is 10.5 Å². The smallest absolute Gasteiger partial charge is 0.320 e. The molecule has 1 unspecified atom stereocenters. The monoisotopic (exact) mass is 417 g/mol. The van der Waals surface area contributed by atoms with Gasteiger partial charge in [0.1, 0.15) is 11.8 Å². The number of hydrogen-bond acceptors (Lipinski definition) is 6. The number of fused-ring (bicyclic) bond motifs is 1. The third-order valence-electron chi connectivity index (χ3n) is 4.71. The SMILES string of the molecule is COc1cc(NC(C)CCCNC(=O)NCCC[C@H](N)C(=O)O)c2ncccc2c1. The van der Waals surface area contributed by atoms with Gasteiger partial charge in [0.15, 0.2) is 0 Å². The third kappa shape index (κ3) is 7.40. The van der Waals surface area contributed by atoms with E-state index in [1.54, 1.807) is 13.3 Å². The fraction of sp³-hybridized carbons (Fsp3) is 0.476. The number of urea groups is 1. The van der Waals surface area contributed by atoms with Crippen LogP contribution in [0.25, 0.3) is 10.9 Å². The predicted molar refractivity (Wildman–Crippen MR) is 117 cm³/mol. The highest BCUT2D eigenvalue weighted by atomic mass is 16.5. The van der Waals surface area contributed by atoms with Crippen molar-refractivity contribution < 1.29 is 19.4 Å². The average Bonchev–Trinajstić information content (AvgIpc) is 2.73. The summed E-state index contributed by atoms with van der Waals surface area (Å²) in [5, 5.41) is 18.7. The molecule has 2 atom stereocenters. The number of rotatable bonds is 12. The van der Waals surface area contributed by atoms with E-state index in [2.05, 4.69) is 27.9 Å². The van der Waals surface area contributed by atoms with Crippen LogP contribution in [0.3, 0.4) is 0 Å². The van der Waals surface area contributed by atoms with E-state index in [0.29, 0.717) is 25.9 Å². The largest absolute Gasteiger partial charge is 0.497 e. The van der Waals surface area contributed by atoms with E-state index >= 15 is 0 Å². The van der Waals surface area contributed by atoms with E-state index in [4.69, 9.17) is 15.6 Å². The zero-order valence-electron chi connectivity index (χ0n) is 17.5. The molecule has 0 aliphatic rings. The number of ether oxygens (including phenoxy) is 1. The molecule has 0 saturated heterocycles. The van der Waals surface area contributed by atoms with Gasteiger partial charge in [0.05, 0.1) is 18.3 Å². The van der Waals surface area contributed by atoms with Crippen molar-refractivity contribution in [1.29, 1.82) is 0 Å². The van der Waals surface area contributed by atoms with Gasteiger partial charge in [-0.2, -0.15) is 0 Å². The number of pyridine rings is 1. The van der Waals surface area contributed by atoms with Gasteiger partial charge < -0.3 is 31.5 Å². The van der Waals surface area contributed by atoms with E-state index in [0.717, 1.165) is 35.2 Å². The lowest BCUT2D eigenvalue weighted by molar-refractivity contribution is -0.138. The first-order valence-corrected chi connectivity index (χ1v) is 10.1. The zero-order chi connectivity index (χ0) is 21.9. The minimum absolute atomic E-state index is 0.185. The first-order valence-electron chi connectivity index (χ1n) is 10.1. The van der Waals surface area contributed by atoms with Crippen LogP contribution in [0.2, 0.25) is 0 Å². The number of methoxy groups -OCH3 is 1. The number of carboxylic acids is 1. The topological polar surface area (TPSA) is 139 Å². The second-order valence-electron chi connectivity index (χ2n) is 7.21. The molecule has 9 nitrogen and oxygen atoms in total. The Balaban J connectivity index is 1.69. The molecular formula is C21H31N5O4. The van der Waals surface area contributed by atoms with Gasteiger partial charge in [-0.25, -0.2) is 4.79 Å². The molecule has 30 heavy (non-hydrogen) atoms. The predicted octanol–water partition coefficient (Wildman–Crippen LogP) is 2.32. The fourth-order valence-corrected chi connectivity index (χ4v) is 3.05. The number of carbonyl (C=O) groups excluding carboxylic acids is 1. The number of amides is 2. The summed E-state index contributed by atoms with van der Waals surface area (Å²) in [5.74, 6) is -0.257. The summed E-state index contributed by atoms with van der Waals surface area (Å²) in [6.07, 6.45) is 4.28. The summed E-state index contributed by atoms with van der Waals surface area (Å²) in [6.45, 7) is 3.02. The standard InChI is InChI=1S/C21H31N5O4/c1-14(6-3-10-24-21(29)25-11-5-8-17(22)20(27)28)26-18-13-16(30-2)12-15-7-4-9-23-19(15)18/h4,7,9,12-14,17,26H,3,5-6,8,10-11,22H2,1-2H3,(H,27,28)(H2,24,25,29)/t14?,17-/m0/s1. The van der Waals surface area contributed by atoms with E-state index in [-0.39, 0.29) is 12.1 Å². The van der Waals surface area contributed by atoms with Crippen LogP contribution in [0.5, 0.6) is 5.75 Å². The molecule has 0 saturated carbocycles. The van der Waals surface area contributed by atoms with E-state index < -0.39 is 12.0 Å². The Morgan fingerprint density at radius 3 is 2.57 bits per heavy atom. The lowest BCUT2D eigenvalue weighted by Crippen LogP contribution is -2.37. The van der Waals surface area contributed by atoms with Crippen LogP contribution in [-0.2, 0) is 4.79 Å². The summed E-state index contributed by atoms with van der Waals surface area (Å²) in [7, 11) is 1.64. The molecule has 0 aliphatic carbocycles. The number of nitrogens with zero attached hydrogens (tertiary/aromatic N) is 1. The van der Waals surface area contributed by atoms with Gasteiger partial charge >= 0.3 is 12.0 Å². The van der Waals surface area contributed by atoms with Gasteiger partial charge in [0.2, 0.25) is 0 Å². The van der Waals surface area contributed by atoms with Gasteiger partial charge in [-0.3, -0.25) is 9.78 Å². The van der Waals surface area contributed by atoms with Gasteiger partial charge in [-0.05, 0) is 44.7 Å². The van der Waals surface area contributed by atoms with Crippen LogP contribution in [0, 0.1) is 0 Å². The normalized spacial score (nSPS) is 12.8. The van der Waals surface area contributed by atoms with Crippen molar-refractivity contribution in [1.82, 2.24) is 15.6 Å². The van der Waals surface area contributed by atoms with Gasteiger partial charge in [-0.1, -0.05) is 6.07 Å². The highest BCUT2D eigenvalue weighted by molar-refractivity contribution is 5.91. The Morgan fingerprint density at radius 1 is 1.20 bits per heavy atom. The second-order valence-corrected chi connectivity index (χ2v) is 7.21. The van der Waals surface area contributed by atoms with Crippen molar-refractivity contribution in [3.63, 3.8) is 0 Å². The number of benzene rings is 1. The van der Waals surface area contributed by atoms with Gasteiger partial charge in [0, 0.05) is 36.8 Å². The maximum absolute atomic E-state index is 11.8. The highest BCUT2D eigenvalue weighted by Crippen LogP contribution is 2.28. The molecule has 0 fully saturated rings. The van der Waals surface area contributed by atoms with Crippen molar-refractivity contribution in [3.05, 3.63) is 30.5 Å². The van der Waals surface area contributed by atoms with Crippen molar-refractivity contribution in [2.75, 3.05) is 25.5 Å². The quantitative estimate of drug-likeness (QED) is 0.334. The number of nitrogens with one attached hydrogen (secondary N) is 3. The molecule has 1 aromatic carbocycles. The molecule has 1 aromatic heterocycles. The molecule has 1 heterocycles. The molecule has 2 rings (SSSR count). The number of carboxylic acid groups (broad SMARTS) is 1. The fourth-order valence-electron chi connectivity index (χ4n) is 3.05. The lowest BCUT2D eigenvalue weighted by atomic mass is 10.1. The Kier molecular flexibility index (Phi) is 9.14. The first-order chi connectivity index (χ1) is 14.4. The molecular weight excluding hydrogens is 386 g/mol. The van der Waals surface area contributed by atoms with Crippen LogP contribution in [-0.4, -0.2) is 54.4 Å². The maximum Gasteiger partial charge on any atom is 0.320 e.